The number of aliphatic hydroxyl groups excluding tert-OH is 1. The SMILES string of the molecule is CN(C)C(=O)NCCn1c(=O)c(C(=O)NCCO)c(O)c2ncc(Cc3ccc(F)cc3)cc21. The molecule has 0 atom stereocenters. The molecule has 0 aliphatic heterocycles. The van der Waals surface area contributed by atoms with E-state index in [-0.39, 0.29) is 49.1 Å². The quantitative estimate of drug-likeness (QED) is 0.384. The predicted molar refractivity (Wildman–Crippen MR) is 123 cm³/mol. The molecule has 11 heteroatoms. The number of fused-ring (bicyclic) bond motifs is 1. The van der Waals surface area contributed by atoms with Crippen molar-refractivity contribution in [3.05, 3.63) is 69.4 Å². The Labute approximate surface area is 194 Å². The van der Waals surface area contributed by atoms with Crippen LogP contribution in [0.5, 0.6) is 5.75 Å². The minimum absolute atomic E-state index is 0.0111. The molecule has 0 fully saturated rings. The van der Waals surface area contributed by atoms with Crippen LogP contribution in [0.15, 0.2) is 41.3 Å². The predicted octanol–water partition coefficient (Wildman–Crippen LogP) is 0.825. The number of hydrogen-bond acceptors (Lipinski definition) is 6. The summed E-state index contributed by atoms with van der Waals surface area (Å²) in [5.74, 6) is -1.77. The fourth-order valence-corrected chi connectivity index (χ4v) is 3.40. The van der Waals surface area contributed by atoms with Gasteiger partial charge in [-0.1, -0.05) is 12.1 Å². The number of benzene rings is 1. The Morgan fingerprint density at radius 1 is 1.12 bits per heavy atom. The van der Waals surface area contributed by atoms with E-state index >= 15 is 0 Å². The van der Waals surface area contributed by atoms with Gasteiger partial charge in [0.25, 0.3) is 11.5 Å². The Morgan fingerprint density at radius 3 is 2.47 bits per heavy atom. The van der Waals surface area contributed by atoms with E-state index in [1.807, 2.05) is 0 Å². The van der Waals surface area contributed by atoms with Gasteiger partial charge in [-0.2, -0.15) is 0 Å². The summed E-state index contributed by atoms with van der Waals surface area (Å²) < 4.78 is 14.5. The van der Waals surface area contributed by atoms with E-state index in [1.54, 1.807) is 32.3 Å². The van der Waals surface area contributed by atoms with Gasteiger partial charge in [0.05, 0.1) is 12.1 Å². The standard InChI is InChI=1S/C23H26FN5O5/c1-28(2)23(34)26-7-9-29-17-12-15(11-14-3-5-16(24)6-4-14)13-27-19(17)20(31)18(22(29)33)21(32)25-8-10-30/h3-6,12-13,30-31H,7-11H2,1-2H3,(H,25,32)(H,26,34). The highest BCUT2D eigenvalue weighted by Crippen LogP contribution is 2.26. The Morgan fingerprint density at radius 2 is 1.82 bits per heavy atom. The van der Waals surface area contributed by atoms with Crippen LogP contribution in [0.25, 0.3) is 11.0 Å². The Balaban J connectivity index is 2.06. The molecule has 0 aliphatic rings. The minimum Gasteiger partial charge on any atom is -0.505 e. The van der Waals surface area contributed by atoms with Crippen molar-refractivity contribution in [2.75, 3.05) is 33.8 Å². The summed E-state index contributed by atoms with van der Waals surface area (Å²) in [4.78, 5) is 43.2. The van der Waals surface area contributed by atoms with Crippen LogP contribution in [0.4, 0.5) is 9.18 Å². The number of rotatable bonds is 8. The monoisotopic (exact) mass is 471 g/mol. The molecule has 0 aliphatic carbocycles. The maximum absolute atomic E-state index is 13.2. The number of pyridine rings is 2. The largest absolute Gasteiger partial charge is 0.505 e. The molecule has 3 rings (SSSR count). The lowest BCUT2D eigenvalue weighted by Crippen LogP contribution is -2.39. The molecule has 0 unspecified atom stereocenters. The normalized spacial score (nSPS) is 10.8. The summed E-state index contributed by atoms with van der Waals surface area (Å²) in [5.41, 5.74) is 0.565. The number of hydrogen-bond donors (Lipinski definition) is 4. The maximum atomic E-state index is 13.2. The highest BCUT2D eigenvalue weighted by molar-refractivity contribution is 6.01. The Bertz CT molecular complexity index is 1260. The summed E-state index contributed by atoms with van der Waals surface area (Å²) in [6.07, 6.45) is 1.90. The van der Waals surface area contributed by atoms with E-state index in [1.165, 1.54) is 27.8 Å². The number of carbonyl (C=O) groups is 2. The second kappa shape index (κ2) is 10.8. The summed E-state index contributed by atoms with van der Waals surface area (Å²) >= 11 is 0. The number of urea groups is 1. The number of aliphatic hydroxyl groups is 1. The van der Waals surface area contributed by atoms with Crippen LogP contribution in [0.2, 0.25) is 0 Å². The van der Waals surface area contributed by atoms with Crippen molar-refractivity contribution in [3.8, 4) is 5.75 Å². The fraction of sp³-hybridized carbons (Fsp3) is 0.304. The fourth-order valence-electron chi connectivity index (χ4n) is 3.40. The summed E-state index contributed by atoms with van der Waals surface area (Å²) in [5, 5.41) is 24.7. The summed E-state index contributed by atoms with van der Waals surface area (Å²) in [6, 6.07) is 7.26. The lowest BCUT2D eigenvalue weighted by molar-refractivity contribution is 0.0940. The van der Waals surface area contributed by atoms with Gasteiger partial charge in [0.2, 0.25) is 0 Å². The van der Waals surface area contributed by atoms with Crippen LogP contribution >= 0.6 is 0 Å². The van der Waals surface area contributed by atoms with Gasteiger partial charge in [-0.3, -0.25) is 14.6 Å². The molecule has 3 aromatic rings. The molecule has 180 valence electrons. The van der Waals surface area contributed by atoms with Crippen LogP contribution in [0, 0.1) is 5.82 Å². The van der Waals surface area contributed by atoms with Crippen molar-refractivity contribution in [2.45, 2.75) is 13.0 Å². The smallest absolute Gasteiger partial charge is 0.316 e. The molecule has 0 saturated carbocycles. The van der Waals surface area contributed by atoms with E-state index in [9.17, 15) is 23.9 Å². The number of nitrogens with one attached hydrogen (secondary N) is 2. The van der Waals surface area contributed by atoms with Crippen molar-refractivity contribution < 1.29 is 24.2 Å². The molecular weight excluding hydrogens is 445 g/mol. The highest BCUT2D eigenvalue weighted by atomic mass is 19.1. The molecule has 0 spiro atoms. The van der Waals surface area contributed by atoms with E-state index < -0.39 is 22.8 Å². The zero-order chi connectivity index (χ0) is 24.8. The average molecular weight is 471 g/mol. The summed E-state index contributed by atoms with van der Waals surface area (Å²) in [6.45, 7) is -0.345. The van der Waals surface area contributed by atoms with Crippen molar-refractivity contribution in [1.29, 1.82) is 0 Å². The average Bonchev–Trinajstić information content (AvgIpc) is 2.81. The molecule has 1 aromatic carbocycles. The molecule has 3 amide bonds. The van der Waals surface area contributed by atoms with Crippen LogP contribution in [0.3, 0.4) is 0 Å². The molecule has 0 radical (unpaired) electrons. The first-order chi connectivity index (χ1) is 16.2. The van der Waals surface area contributed by atoms with Crippen LogP contribution < -0.4 is 16.2 Å². The van der Waals surface area contributed by atoms with Gasteiger partial charge in [0.1, 0.15) is 16.9 Å². The Hall–Kier alpha value is -3.99. The molecule has 2 aromatic heterocycles. The van der Waals surface area contributed by atoms with E-state index in [2.05, 4.69) is 15.6 Å². The zero-order valence-electron chi connectivity index (χ0n) is 18.8. The van der Waals surface area contributed by atoms with E-state index in [4.69, 9.17) is 5.11 Å². The highest BCUT2D eigenvalue weighted by Gasteiger charge is 2.23. The number of aromatic nitrogens is 2. The third kappa shape index (κ3) is 5.49. The first-order valence-electron chi connectivity index (χ1n) is 10.6. The molecular formula is C23H26FN5O5. The lowest BCUT2D eigenvalue weighted by atomic mass is 10.1. The third-order valence-electron chi connectivity index (χ3n) is 5.10. The van der Waals surface area contributed by atoms with Crippen LogP contribution in [0.1, 0.15) is 21.5 Å². The number of halogens is 1. The summed E-state index contributed by atoms with van der Waals surface area (Å²) in [7, 11) is 3.15. The van der Waals surface area contributed by atoms with Crippen LogP contribution in [-0.4, -0.2) is 70.4 Å². The van der Waals surface area contributed by atoms with Gasteiger partial charge in [-0.15, -0.1) is 0 Å². The van der Waals surface area contributed by atoms with Gasteiger partial charge in [-0.05, 0) is 35.7 Å². The molecule has 34 heavy (non-hydrogen) atoms. The molecule has 10 nitrogen and oxygen atoms in total. The van der Waals surface area contributed by atoms with Crippen molar-refractivity contribution in [3.63, 3.8) is 0 Å². The van der Waals surface area contributed by atoms with Crippen molar-refractivity contribution in [1.82, 2.24) is 25.1 Å². The van der Waals surface area contributed by atoms with Crippen molar-refractivity contribution in [2.24, 2.45) is 0 Å². The topological polar surface area (TPSA) is 137 Å². The lowest BCUT2D eigenvalue weighted by Gasteiger charge is -2.17. The maximum Gasteiger partial charge on any atom is 0.316 e. The third-order valence-corrected chi connectivity index (χ3v) is 5.10. The number of amides is 3. The molecule has 0 saturated heterocycles. The Kier molecular flexibility index (Phi) is 7.79. The second-order valence-corrected chi connectivity index (χ2v) is 7.80. The van der Waals surface area contributed by atoms with Gasteiger partial charge >= 0.3 is 6.03 Å². The molecule has 4 N–H and O–H groups in total. The number of carbonyl (C=O) groups excluding carboxylic acids is 2. The van der Waals surface area contributed by atoms with Gasteiger partial charge < -0.3 is 30.3 Å². The van der Waals surface area contributed by atoms with Gasteiger partial charge in [-0.25, -0.2) is 9.18 Å². The second-order valence-electron chi connectivity index (χ2n) is 7.80. The van der Waals surface area contributed by atoms with E-state index in [0.29, 0.717) is 12.0 Å². The zero-order valence-corrected chi connectivity index (χ0v) is 18.8. The molecule has 0 bridgehead atoms. The molecule has 2 heterocycles. The first-order valence-corrected chi connectivity index (χ1v) is 10.6. The van der Waals surface area contributed by atoms with Gasteiger partial charge in [0.15, 0.2) is 5.75 Å². The minimum atomic E-state index is -0.846. The van der Waals surface area contributed by atoms with Crippen molar-refractivity contribution >= 4 is 23.0 Å². The van der Waals surface area contributed by atoms with Crippen LogP contribution in [-0.2, 0) is 13.0 Å². The van der Waals surface area contributed by atoms with Gasteiger partial charge in [0, 0.05) is 39.9 Å². The number of aromatic hydroxyl groups is 1. The first kappa shape index (κ1) is 24.6. The number of nitrogens with zero attached hydrogens (tertiary/aromatic N) is 3. The van der Waals surface area contributed by atoms with E-state index in [0.717, 1.165) is 5.56 Å².